The Labute approximate surface area is 139 Å². The van der Waals surface area contributed by atoms with Gasteiger partial charge >= 0.3 is 0 Å². The van der Waals surface area contributed by atoms with Crippen LogP contribution in [0.4, 0.5) is 4.39 Å². The lowest BCUT2D eigenvalue weighted by Crippen LogP contribution is -2.26. The van der Waals surface area contributed by atoms with Crippen LogP contribution in [0.2, 0.25) is 0 Å². The van der Waals surface area contributed by atoms with Crippen LogP contribution in [0.1, 0.15) is 30.2 Å². The Morgan fingerprint density at radius 3 is 2.88 bits per heavy atom. The van der Waals surface area contributed by atoms with Gasteiger partial charge in [-0.15, -0.1) is 0 Å². The van der Waals surface area contributed by atoms with E-state index in [2.05, 4.69) is 4.98 Å². The number of rotatable bonds is 6. The minimum atomic E-state index is -3.77. The van der Waals surface area contributed by atoms with Crippen molar-refractivity contribution in [1.82, 2.24) is 9.29 Å². The third kappa shape index (κ3) is 3.09. The van der Waals surface area contributed by atoms with E-state index in [9.17, 15) is 12.8 Å². The van der Waals surface area contributed by atoms with Crippen LogP contribution in [0.3, 0.4) is 0 Å². The maximum absolute atomic E-state index is 13.3. The van der Waals surface area contributed by atoms with Crippen molar-refractivity contribution in [3.63, 3.8) is 0 Å². The highest BCUT2D eigenvalue weighted by Gasteiger charge is 2.34. The summed E-state index contributed by atoms with van der Waals surface area (Å²) in [6.45, 7) is 1.25. The first-order valence-electron chi connectivity index (χ1n) is 7.83. The van der Waals surface area contributed by atoms with Gasteiger partial charge in [0.15, 0.2) is 0 Å². The number of aromatic nitrogens is 1. The van der Waals surface area contributed by atoms with Crippen LogP contribution < -0.4 is 0 Å². The van der Waals surface area contributed by atoms with Gasteiger partial charge in [0.05, 0.1) is 30.3 Å². The molecule has 1 aromatic carbocycles. The quantitative estimate of drug-likeness (QED) is 0.798. The monoisotopic (exact) mass is 352 g/mol. The zero-order valence-corrected chi connectivity index (χ0v) is 13.8. The van der Waals surface area contributed by atoms with Gasteiger partial charge in [-0.25, -0.2) is 17.8 Å². The Morgan fingerprint density at radius 1 is 1.33 bits per heavy atom. The molecule has 0 saturated heterocycles. The van der Waals surface area contributed by atoms with Crippen molar-refractivity contribution in [2.75, 3.05) is 6.61 Å². The molecule has 2 aliphatic rings. The van der Waals surface area contributed by atoms with E-state index >= 15 is 0 Å². The number of ether oxygens (including phenoxy) is 1. The van der Waals surface area contributed by atoms with E-state index in [1.165, 1.54) is 35.3 Å². The fourth-order valence-corrected chi connectivity index (χ4v) is 4.06. The van der Waals surface area contributed by atoms with Gasteiger partial charge in [-0.1, -0.05) is 6.07 Å². The smallest absolute Gasteiger partial charge is 0.243 e. The molecule has 4 rings (SSSR count). The predicted molar refractivity (Wildman–Crippen MR) is 81.7 cm³/mol. The maximum atomic E-state index is 13.3. The molecule has 2 aromatic rings. The number of nitrogens with zero attached hydrogens (tertiary/aromatic N) is 2. The molecule has 2 heterocycles. The molecular weight excluding hydrogens is 335 g/mol. The molecule has 0 atom stereocenters. The first kappa shape index (κ1) is 15.7. The Bertz CT molecular complexity index is 837. The number of sulfonamides is 1. The molecule has 0 unspecified atom stereocenters. The van der Waals surface area contributed by atoms with Crippen molar-refractivity contribution in [2.45, 2.75) is 37.4 Å². The summed E-state index contributed by atoms with van der Waals surface area (Å²) in [6.07, 6.45) is 2.43. The highest BCUT2D eigenvalue weighted by molar-refractivity contribution is 7.89. The summed E-state index contributed by atoms with van der Waals surface area (Å²) in [5.74, 6) is 1.09. The van der Waals surface area contributed by atoms with Crippen LogP contribution >= 0.6 is 0 Å². The van der Waals surface area contributed by atoms with Gasteiger partial charge < -0.3 is 9.15 Å². The largest absolute Gasteiger partial charge is 0.441 e. The highest BCUT2D eigenvalue weighted by Crippen LogP contribution is 2.31. The molecule has 0 amide bonds. The number of hydrogen-bond donors (Lipinski definition) is 0. The van der Waals surface area contributed by atoms with Crippen molar-refractivity contribution in [1.29, 1.82) is 0 Å². The average Bonchev–Trinajstić information content (AvgIpc) is 3.14. The molecule has 128 valence electrons. The number of fused-ring (bicyclic) bond motifs is 1. The summed E-state index contributed by atoms with van der Waals surface area (Å²) in [5, 5.41) is 0. The first-order chi connectivity index (χ1) is 11.5. The van der Waals surface area contributed by atoms with Crippen LogP contribution in [0.5, 0.6) is 0 Å². The summed E-state index contributed by atoms with van der Waals surface area (Å²) in [7, 11) is -3.77. The van der Waals surface area contributed by atoms with Gasteiger partial charge in [-0.2, -0.15) is 4.31 Å². The third-order valence-electron chi connectivity index (χ3n) is 4.18. The molecule has 8 heteroatoms. The SMILES string of the molecule is O=S(=O)(c1cccc(F)c1)N1Cc2nc(COCC3CC3)oc2C1. The Morgan fingerprint density at radius 2 is 2.17 bits per heavy atom. The van der Waals surface area contributed by atoms with Crippen LogP contribution in [-0.4, -0.2) is 24.3 Å². The van der Waals surface area contributed by atoms with Gasteiger partial charge in [0, 0.05) is 0 Å². The van der Waals surface area contributed by atoms with Gasteiger partial charge in [0.25, 0.3) is 0 Å². The van der Waals surface area contributed by atoms with Crippen LogP contribution in [0, 0.1) is 11.7 Å². The van der Waals surface area contributed by atoms with Gasteiger partial charge in [-0.3, -0.25) is 0 Å². The molecule has 24 heavy (non-hydrogen) atoms. The Kier molecular flexibility index (Phi) is 3.90. The minimum absolute atomic E-state index is 0.0688. The molecule has 0 radical (unpaired) electrons. The summed E-state index contributed by atoms with van der Waals surface area (Å²) in [5.41, 5.74) is 0.597. The second-order valence-electron chi connectivity index (χ2n) is 6.17. The fourth-order valence-electron chi connectivity index (χ4n) is 2.67. The predicted octanol–water partition coefficient (Wildman–Crippen LogP) is 2.44. The zero-order valence-electron chi connectivity index (χ0n) is 12.9. The van der Waals surface area contributed by atoms with E-state index in [0.717, 1.165) is 6.07 Å². The number of benzene rings is 1. The summed E-state index contributed by atoms with van der Waals surface area (Å²) >= 11 is 0. The zero-order chi connectivity index (χ0) is 16.7. The topological polar surface area (TPSA) is 72.6 Å². The van der Waals surface area contributed by atoms with Crippen LogP contribution in [0.25, 0.3) is 0 Å². The van der Waals surface area contributed by atoms with Gasteiger partial charge in [-0.05, 0) is 37.0 Å². The molecule has 0 bridgehead atoms. The first-order valence-corrected chi connectivity index (χ1v) is 9.27. The van der Waals surface area contributed by atoms with Crippen molar-refractivity contribution >= 4 is 10.0 Å². The van der Waals surface area contributed by atoms with Crippen molar-refractivity contribution in [2.24, 2.45) is 5.92 Å². The van der Waals surface area contributed by atoms with Crippen molar-refractivity contribution in [3.8, 4) is 0 Å². The van der Waals surface area contributed by atoms with Gasteiger partial charge in [0.1, 0.15) is 18.2 Å². The second kappa shape index (κ2) is 5.94. The molecule has 6 nitrogen and oxygen atoms in total. The molecule has 0 spiro atoms. The molecule has 1 aromatic heterocycles. The van der Waals surface area contributed by atoms with E-state index < -0.39 is 15.8 Å². The summed E-state index contributed by atoms with van der Waals surface area (Å²) < 4.78 is 50.8. The van der Waals surface area contributed by atoms with Gasteiger partial charge in [0.2, 0.25) is 15.9 Å². The molecule has 1 aliphatic carbocycles. The minimum Gasteiger partial charge on any atom is -0.441 e. The van der Waals surface area contributed by atoms with E-state index in [4.69, 9.17) is 9.15 Å². The molecule has 1 aliphatic heterocycles. The number of halogens is 1. The van der Waals surface area contributed by atoms with Crippen molar-refractivity contribution < 1.29 is 22.0 Å². The van der Waals surface area contributed by atoms with E-state index in [0.29, 0.717) is 36.5 Å². The Balaban J connectivity index is 1.44. The molecule has 1 fully saturated rings. The normalized spacial score (nSPS) is 18.0. The molecular formula is C16H17FN2O4S. The number of oxazole rings is 1. The van der Waals surface area contributed by atoms with E-state index in [1.54, 1.807) is 0 Å². The number of hydrogen-bond acceptors (Lipinski definition) is 5. The second-order valence-corrected chi connectivity index (χ2v) is 8.10. The standard InChI is InChI=1S/C16H17FN2O4S/c17-12-2-1-3-13(6-12)24(20,21)19-7-14-15(8-19)23-16(18-14)10-22-9-11-4-5-11/h1-3,6,11H,4-5,7-10H2. The lowest BCUT2D eigenvalue weighted by molar-refractivity contribution is 0.0925. The fraction of sp³-hybridized carbons (Fsp3) is 0.438. The maximum Gasteiger partial charge on any atom is 0.243 e. The van der Waals surface area contributed by atoms with Crippen molar-refractivity contribution in [3.05, 3.63) is 47.4 Å². The molecule has 1 saturated carbocycles. The summed E-state index contributed by atoms with van der Waals surface area (Å²) in [4.78, 5) is 4.24. The van der Waals surface area contributed by atoms with Crippen LogP contribution in [0.15, 0.2) is 33.6 Å². The Hall–Kier alpha value is -1.77. The van der Waals surface area contributed by atoms with E-state index in [-0.39, 0.29) is 18.0 Å². The third-order valence-corrected chi connectivity index (χ3v) is 5.97. The van der Waals surface area contributed by atoms with E-state index in [1.807, 2.05) is 0 Å². The lowest BCUT2D eigenvalue weighted by Gasteiger charge is -2.15. The lowest BCUT2D eigenvalue weighted by atomic mass is 10.4. The average molecular weight is 352 g/mol. The summed E-state index contributed by atoms with van der Waals surface area (Å²) in [6, 6.07) is 4.98. The van der Waals surface area contributed by atoms with Crippen LogP contribution in [-0.2, 0) is 34.5 Å². The molecule has 0 N–H and O–H groups in total. The highest BCUT2D eigenvalue weighted by atomic mass is 32.2.